The van der Waals surface area contributed by atoms with Crippen LogP contribution >= 0.6 is 0 Å². The smallest absolute Gasteiger partial charge is 0.433 e. The average molecular weight is 271 g/mol. The summed E-state index contributed by atoms with van der Waals surface area (Å²) in [6.45, 7) is 0. The predicted octanol–water partition coefficient (Wildman–Crippen LogP) is 2.41. The SMILES string of the molecule is O=C(O)n1cc(Cc2cccc(C(F)(F)F)n2)cn1. The van der Waals surface area contributed by atoms with E-state index in [0.29, 0.717) is 10.2 Å². The van der Waals surface area contributed by atoms with Gasteiger partial charge >= 0.3 is 12.3 Å². The van der Waals surface area contributed by atoms with Gasteiger partial charge in [-0.15, -0.1) is 0 Å². The molecule has 0 aliphatic rings. The minimum atomic E-state index is -4.50. The highest BCUT2D eigenvalue weighted by Crippen LogP contribution is 2.27. The molecule has 0 fully saturated rings. The molecule has 0 bridgehead atoms. The highest BCUT2D eigenvalue weighted by atomic mass is 19.4. The molecule has 0 saturated carbocycles. The van der Waals surface area contributed by atoms with E-state index >= 15 is 0 Å². The van der Waals surface area contributed by atoms with Crippen LogP contribution in [0, 0.1) is 0 Å². The molecule has 2 aromatic rings. The lowest BCUT2D eigenvalue weighted by molar-refractivity contribution is -0.141. The van der Waals surface area contributed by atoms with E-state index in [4.69, 9.17) is 5.11 Å². The van der Waals surface area contributed by atoms with Crippen molar-refractivity contribution in [2.75, 3.05) is 0 Å². The molecule has 2 aromatic heterocycles. The normalized spacial score (nSPS) is 11.5. The third-order valence-corrected chi connectivity index (χ3v) is 2.31. The zero-order valence-electron chi connectivity index (χ0n) is 9.42. The van der Waals surface area contributed by atoms with Crippen LogP contribution in [0.15, 0.2) is 30.6 Å². The molecule has 0 atom stereocenters. The summed E-state index contributed by atoms with van der Waals surface area (Å²) in [5.74, 6) is 0. The average Bonchev–Trinajstić information content (AvgIpc) is 2.77. The largest absolute Gasteiger partial charge is 0.463 e. The highest BCUT2D eigenvalue weighted by molar-refractivity contribution is 5.66. The van der Waals surface area contributed by atoms with E-state index in [1.54, 1.807) is 0 Å². The molecule has 0 amide bonds. The van der Waals surface area contributed by atoms with Gasteiger partial charge in [-0.1, -0.05) is 6.07 Å². The van der Waals surface area contributed by atoms with E-state index in [-0.39, 0.29) is 12.1 Å². The second kappa shape index (κ2) is 4.71. The van der Waals surface area contributed by atoms with Crippen molar-refractivity contribution in [2.45, 2.75) is 12.6 Å². The van der Waals surface area contributed by atoms with Gasteiger partial charge in [0.25, 0.3) is 0 Å². The quantitative estimate of drug-likeness (QED) is 0.910. The van der Waals surface area contributed by atoms with Gasteiger partial charge in [-0.3, -0.25) is 0 Å². The third kappa shape index (κ3) is 3.09. The van der Waals surface area contributed by atoms with E-state index in [0.717, 1.165) is 6.07 Å². The Bertz CT molecular complexity index is 607. The standard InChI is InChI=1S/C11H8F3N3O2/c12-11(13,14)9-3-1-2-8(16-9)4-7-5-15-17(6-7)10(18)19/h1-3,5-6H,4H2,(H,18,19). The maximum absolute atomic E-state index is 12.5. The van der Waals surface area contributed by atoms with E-state index in [1.165, 1.54) is 24.5 Å². The third-order valence-electron chi connectivity index (χ3n) is 2.31. The van der Waals surface area contributed by atoms with Gasteiger partial charge in [-0.05, 0) is 17.7 Å². The molecule has 8 heteroatoms. The number of alkyl halides is 3. The molecule has 0 unspecified atom stereocenters. The molecule has 0 aromatic carbocycles. The molecule has 5 nitrogen and oxygen atoms in total. The van der Waals surface area contributed by atoms with Gasteiger partial charge in [-0.2, -0.15) is 23.0 Å². The molecule has 100 valence electrons. The summed E-state index contributed by atoms with van der Waals surface area (Å²) in [6, 6.07) is 3.57. The Kier molecular flexibility index (Phi) is 3.24. The molecule has 0 radical (unpaired) electrons. The van der Waals surface area contributed by atoms with Gasteiger partial charge < -0.3 is 5.11 Å². The Morgan fingerprint density at radius 3 is 2.68 bits per heavy atom. The van der Waals surface area contributed by atoms with E-state index in [1.807, 2.05) is 0 Å². The van der Waals surface area contributed by atoms with Crippen LogP contribution in [-0.4, -0.2) is 26.0 Å². The van der Waals surface area contributed by atoms with E-state index < -0.39 is 18.0 Å². The Hall–Kier alpha value is -2.38. The first-order valence-electron chi connectivity index (χ1n) is 5.16. The first kappa shape index (κ1) is 13.1. The van der Waals surface area contributed by atoms with Crippen LogP contribution < -0.4 is 0 Å². The summed E-state index contributed by atoms with van der Waals surface area (Å²) < 4.78 is 38.1. The van der Waals surface area contributed by atoms with Crippen molar-refractivity contribution in [2.24, 2.45) is 0 Å². The summed E-state index contributed by atoms with van der Waals surface area (Å²) >= 11 is 0. The van der Waals surface area contributed by atoms with Gasteiger partial charge in [-0.25, -0.2) is 9.78 Å². The number of nitrogens with zero attached hydrogens (tertiary/aromatic N) is 3. The number of carboxylic acid groups (broad SMARTS) is 1. The Labute approximate surface area is 105 Å². The maximum atomic E-state index is 12.5. The van der Waals surface area contributed by atoms with Crippen molar-refractivity contribution < 1.29 is 23.1 Å². The number of aromatic nitrogens is 3. The summed E-state index contributed by atoms with van der Waals surface area (Å²) in [5.41, 5.74) is -0.315. The van der Waals surface area contributed by atoms with Gasteiger partial charge in [0.05, 0.1) is 6.20 Å². The molecule has 19 heavy (non-hydrogen) atoms. The van der Waals surface area contributed by atoms with Crippen molar-refractivity contribution in [3.05, 3.63) is 47.5 Å². The molecule has 0 saturated heterocycles. The number of pyridine rings is 1. The Morgan fingerprint density at radius 2 is 2.11 bits per heavy atom. The van der Waals surface area contributed by atoms with Crippen LogP contribution in [0.25, 0.3) is 0 Å². The Balaban J connectivity index is 2.21. The van der Waals surface area contributed by atoms with Crippen LogP contribution in [-0.2, 0) is 12.6 Å². The summed E-state index contributed by atoms with van der Waals surface area (Å²) in [5, 5.41) is 12.2. The zero-order valence-corrected chi connectivity index (χ0v) is 9.42. The first-order chi connectivity index (χ1) is 8.86. The van der Waals surface area contributed by atoms with Crippen molar-refractivity contribution in [1.29, 1.82) is 0 Å². The van der Waals surface area contributed by atoms with Gasteiger partial charge in [0.2, 0.25) is 0 Å². The number of halogens is 3. The van der Waals surface area contributed by atoms with Crippen LogP contribution in [0.3, 0.4) is 0 Å². The van der Waals surface area contributed by atoms with Crippen molar-refractivity contribution in [1.82, 2.24) is 14.8 Å². The number of hydrogen-bond acceptors (Lipinski definition) is 3. The van der Waals surface area contributed by atoms with Crippen LogP contribution in [0.2, 0.25) is 0 Å². The first-order valence-corrected chi connectivity index (χ1v) is 5.16. The minimum Gasteiger partial charge on any atom is -0.463 e. The lowest BCUT2D eigenvalue weighted by atomic mass is 10.2. The number of rotatable bonds is 2. The van der Waals surface area contributed by atoms with Crippen molar-refractivity contribution in [3.63, 3.8) is 0 Å². The van der Waals surface area contributed by atoms with Crippen LogP contribution in [0.4, 0.5) is 18.0 Å². The van der Waals surface area contributed by atoms with E-state index in [2.05, 4.69) is 10.1 Å². The van der Waals surface area contributed by atoms with Gasteiger partial charge in [0.1, 0.15) is 5.69 Å². The fourth-order valence-electron chi connectivity index (χ4n) is 1.50. The lowest BCUT2D eigenvalue weighted by Crippen LogP contribution is -2.09. The number of carbonyl (C=O) groups is 1. The molecule has 0 aliphatic carbocycles. The second-order valence-electron chi connectivity index (χ2n) is 3.76. The monoisotopic (exact) mass is 271 g/mol. The predicted molar refractivity (Wildman–Crippen MR) is 57.7 cm³/mol. The second-order valence-corrected chi connectivity index (χ2v) is 3.76. The minimum absolute atomic E-state index is 0.0806. The fraction of sp³-hybridized carbons (Fsp3) is 0.182. The molecule has 0 spiro atoms. The molecular weight excluding hydrogens is 263 g/mol. The van der Waals surface area contributed by atoms with Gasteiger partial charge in [0, 0.05) is 18.3 Å². The molecule has 2 rings (SSSR count). The highest BCUT2D eigenvalue weighted by Gasteiger charge is 2.32. The topological polar surface area (TPSA) is 68.0 Å². The van der Waals surface area contributed by atoms with Crippen molar-refractivity contribution in [3.8, 4) is 0 Å². The van der Waals surface area contributed by atoms with Gasteiger partial charge in [0.15, 0.2) is 0 Å². The number of hydrogen-bond donors (Lipinski definition) is 1. The van der Waals surface area contributed by atoms with Crippen LogP contribution in [0.5, 0.6) is 0 Å². The summed E-state index contributed by atoms with van der Waals surface area (Å²) in [4.78, 5) is 14.1. The molecule has 2 heterocycles. The van der Waals surface area contributed by atoms with E-state index in [9.17, 15) is 18.0 Å². The van der Waals surface area contributed by atoms with Crippen molar-refractivity contribution >= 4 is 6.09 Å². The fourth-order valence-corrected chi connectivity index (χ4v) is 1.50. The Morgan fingerprint density at radius 1 is 1.37 bits per heavy atom. The maximum Gasteiger partial charge on any atom is 0.433 e. The molecular formula is C11H8F3N3O2. The molecule has 1 N–H and O–H groups in total. The van der Waals surface area contributed by atoms with Crippen LogP contribution in [0.1, 0.15) is 17.0 Å². The summed E-state index contributed by atoms with van der Waals surface area (Å²) in [6.07, 6.45) is -3.18. The molecule has 0 aliphatic heterocycles. The lowest BCUT2D eigenvalue weighted by Gasteiger charge is -2.06. The summed E-state index contributed by atoms with van der Waals surface area (Å²) in [7, 11) is 0. The zero-order chi connectivity index (χ0) is 14.0.